The molecule has 2 heterocycles. The number of thioether (sulfide) groups is 1. The number of nitrogens with one attached hydrogen (secondary N) is 2. The third-order valence-electron chi connectivity index (χ3n) is 3.66. The van der Waals surface area contributed by atoms with Gasteiger partial charge in [0.15, 0.2) is 0 Å². The number of cyclic esters (lactones) is 1. The van der Waals surface area contributed by atoms with Gasteiger partial charge >= 0.3 is 6.09 Å². The molecule has 0 aliphatic carbocycles. The van der Waals surface area contributed by atoms with Gasteiger partial charge in [-0.25, -0.2) is 14.6 Å². The minimum Gasteiger partial charge on any atom is -0.442 e. The monoisotopic (exact) mass is 382 g/mol. The Kier molecular flexibility index (Phi) is 5.38. The average molecular weight is 382 g/mol. The Morgan fingerprint density at radius 2 is 2.31 bits per heavy atom. The van der Waals surface area contributed by atoms with E-state index in [-0.39, 0.29) is 30.3 Å². The Morgan fingerprint density at radius 3 is 2.96 bits per heavy atom. The fraction of sp³-hybridized carbons (Fsp3) is 0.333. The summed E-state index contributed by atoms with van der Waals surface area (Å²) in [4.78, 5) is 35.4. The number of ether oxygens (including phenoxy) is 1. The molecule has 1 aromatic carbocycles. The Morgan fingerprint density at radius 1 is 1.50 bits per heavy atom. The Bertz CT molecular complexity index is 787. The summed E-state index contributed by atoms with van der Waals surface area (Å²) in [6.07, 6.45) is -1.26. The molecule has 0 bridgehead atoms. The fourth-order valence-corrected chi connectivity index (χ4v) is 3.18. The highest BCUT2D eigenvalue weighted by molar-refractivity contribution is 8.15. The van der Waals surface area contributed by atoms with E-state index < -0.39 is 30.5 Å². The van der Waals surface area contributed by atoms with Crippen molar-refractivity contribution in [2.24, 2.45) is 5.10 Å². The van der Waals surface area contributed by atoms with Crippen LogP contribution in [-0.2, 0) is 14.3 Å². The summed E-state index contributed by atoms with van der Waals surface area (Å²) in [6.45, 7) is -0.468. The molecule has 3 rings (SSSR count). The normalized spacial score (nSPS) is 19.7. The van der Waals surface area contributed by atoms with Gasteiger partial charge in [-0.1, -0.05) is 11.8 Å². The van der Waals surface area contributed by atoms with Crippen LogP contribution in [0.15, 0.2) is 23.3 Å². The third-order valence-corrected chi connectivity index (χ3v) is 4.65. The first kappa shape index (κ1) is 18.1. The van der Waals surface area contributed by atoms with Gasteiger partial charge in [-0.2, -0.15) is 5.10 Å². The number of hydrazone groups is 1. The Balaban J connectivity index is 1.70. The van der Waals surface area contributed by atoms with Crippen LogP contribution >= 0.6 is 11.8 Å². The van der Waals surface area contributed by atoms with E-state index in [0.717, 1.165) is 11.8 Å². The van der Waals surface area contributed by atoms with Crippen LogP contribution in [0.3, 0.4) is 0 Å². The SMILES string of the molecule is O=C(CO)NC[C@H]1CN(c2ccc(C3=NNC(=O)CS3)c(F)c2)C(=O)O1. The van der Waals surface area contributed by atoms with Crippen LogP contribution < -0.4 is 15.6 Å². The Hall–Kier alpha value is -2.66. The molecule has 26 heavy (non-hydrogen) atoms. The number of benzene rings is 1. The number of carbonyl (C=O) groups is 3. The largest absolute Gasteiger partial charge is 0.442 e. The number of aliphatic hydroxyl groups is 1. The standard InChI is InChI=1S/C15H15FN4O5S/c16-11-3-8(1-2-10(11)14-19-18-13(23)7-26-14)20-5-9(25-15(20)24)4-17-12(22)6-21/h1-3,9,21H,4-7H2,(H,17,22)(H,18,23)/t9-/m0/s1. The van der Waals surface area contributed by atoms with Crippen molar-refractivity contribution >= 4 is 40.4 Å². The molecule has 1 fully saturated rings. The maximum Gasteiger partial charge on any atom is 0.414 e. The molecule has 138 valence electrons. The third kappa shape index (κ3) is 3.94. The van der Waals surface area contributed by atoms with Gasteiger partial charge in [0.05, 0.1) is 24.5 Å². The number of halogens is 1. The lowest BCUT2D eigenvalue weighted by molar-refractivity contribution is -0.124. The first-order valence-corrected chi connectivity index (χ1v) is 8.61. The average Bonchev–Trinajstić information content (AvgIpc) is 3.01. The summed E-state index contributed by atoms with van der Waals surface area (Å²) in [5, 5.41) is 15.2. The summed E-state index contributed by atoms with van der Waals surface area (Å²) in [5.74, 6) is -1.27. The first-order chi connectivity index (χ1) is 12.5. The summed E-state index contributed by atoms with van der Waals surface area (Å²) >= 11 is 1.12. The number of nitrogens with zero attached hydrogens (tertiary/aromatic N) is 2. The Labute approximate surface area is 151 Å². The molecule has 1 aromatic rings. The van der Waals surface area contributed by atoms with Gasteiger partial charge in [0.25, 0.3) is 5.91 Å². The molecule has 11 heteroatoms. The summed E-state index contributed by atoms with van der Waals surface area (Å²) in [7, 11) is 0. The second-order valence-corrected chi connectivity index (χ2v) is 6.45. The van der Waals surface area contributed by atoms with Crippen LogP contribution in [0.25, 0.3) is 0 Å². The second kappa shape index (κ2) is 7.70. The van der Waals surface area contributed by atoms with Crippen LogP contribution in [-0.4, -0.2) is 59.6 Å². The molecule has 0 spiro atoms. The van der Waals surface area contributed by atoms with Crippen molar-refractivity contribution in [3.63, 3.8) is 0 Å². The van der Waals surface area contributed by atoms with Crippen LogP contribution in [0.2, 0.25) is 0 Å². The van der Waals surface area contributed by atoms with Crippen molar-refractivity contribution < 1.29 is 28.6 Å². The topological polar surface area (TPSA) is 120 Å². The molecule has 0 unspecified atom stereocenters. The summed E-state index contributed by atoms with van der Waals surface area (Å²) in [6, 6.07) is 4.21. The number of carbonyl (C=O) groups excluding carboxylic acids is 3. The van der Waals surface area contributed by atoms with E-state index in [4.69, 9.17) is 9.84 Å². The van der Waals surface area contributed by atoms with E-state index in [1.165, 1.54) is 17.0 Å². The number of anilines is 1. The number of hydrogen-bond donors (Lipinski definition) is 3. The predicted molar refractivity (Wildman–Crippen MR) is 91.2 cm³/mol. The fourth-order valence-electron chi connectivity index (χ4n) is 2.42. The number of aliphatic hydroxyl groups excluding tert-OH is 1. The van der Waals surface area contributed by atoms with Crippen LogP contribution in [0.4, 0.5) is 14.9 Å². The predicted octanol–water partition coefficient (Wildman–Crippen LogP) is -0.216. The van der Waals surface area contributed by atoms with Crippen molar-refractivity contribution in [3.8, 4) is 0 Å². The molecule has 2 aliphatic rings. The molecule has 1 atom stereocenters. The maximum atomic E-state index is 14.4. The van der Waals surface area contributed by atoms with E-state index >= 15 is 0 Å². The molecule has 0 saturated carbocycles. The number of rotatable bonds is 5. The van der Waals surface area contributed by atoms with E-state index in [1.54, 1.807) is 6.07 Å². The minimum atomic E-state index is -0.656. The second-order valence-electron chi connectivity index (χ2n) is 5.48. The van der Waals surface area contributed by atoms with Crippen LogP contribution in [0.1, 0.15) is 5.56 Å². The van der Waals surface area contributed by atoms with Crippen LogP contribution in [0, 0.1) is 5.82 Å². The molecular weight excluding hydrogens is 367 g/mol. The number of amides is 3. The van der Waals surface area contributed by atoms with Crippen molar-refractivity contribution in [2.45, 2.75) is 6.10 Å². The molecule has 9 nitrogen and oxygen atoms in total. The highest BCUT2D eigenvalue weighted by atomic mass is 32.2. The van der Waals surface area contributed by atoms with Gasteiger partial charge < -0.3 is 15.2 Å². The van der Waals surface area contributed by atoms with Gasteiger partial charge in [0, 0.05) is 5.56 Å². The summed E-state index contributed by atoms with van der Waals surface area (Å²) < 4.78 is 19.6. The lowest BCUT2D eigenvalue weighted by Gasteiger charge is -2.16. The molecule has 0 aromatic heterocycles. The zero-order valence-electron chi connectivity index (χ0n) is 13.4. The molecule has 2 aliphatic heterocycles. The first-order valence-electron chi connectivity index (χ1n) is 7.63. The minimum absolute atomic E-state index is 0.0509. The van der Waals surface area contributed by atoms with Gasteiger partial charge in [0.2, 0.25) is 5.91 Å². The van der Waals surface area contributed by atoms with E-state index in [2.05, 4.69) is 15.8 Å². The zero-order chi connectivity index (χ0) is 18.7. The van der Waals surface area contributed by atoms with Gasteiger partial charge in [-0.15, -0.1) is 0 Å². The summed E-state index contributed by atoms with van der Waals surface area (Å²) in [5.41, 5.74) is 2.82. The van der Waals surface area contributed by atoms with E-state index in [0.29, 0.717) is 10.7 Å². The lowest BCUT2D eigenvalue weighted by Crippen LogP contribution is -2.36. The van der Waals surface area contributed by atoms with Crippen molar-refractivity contribution in [3.05, 3.63) is 29.6 Å². The molecule has 0 radical (unpaired) electrons. The quantitative estimate of drug-likeness (QED) is 0.648. The van der Waals surface area contributed by atoms with Crippen molar-refractivity contribution in [1.82, 2.24) is 10.7 Å². The molecule has 3 amide bonds. The van der Waals surface area contributed by atoms with Gasteiger partial charge in [-0.3, -0.25) is 14.5 Å². The smallest absolute Gasteiger partial charge is 0.414 e. The highest BCUT2D eigenvalue weighted by Gasteiger charge is 2.33. The zero-order valence-corrected chi connectivity index (χ0v) is 14.2. The van der Waals surface area contributed by atoms with Crippen molar-refractivity contribution in [1.29, 1.82) is 0 Å². The maximum absolute atomic E-state index is 14.4. The van der Waals surface area contributed by atoms with Crippen LogP contribution in [0.5, 0.6) is 0 Å². The van der Waals surface area contributed by atoms with Gasteiger partial charge in [0.1, 0.15) is 23.6 Å². The number of hydrogen-bond acceptors (Lipinski definition) is 7. The molecular formula is C15H15FN4O5S. The van der Waals surface area contributed by atoms with E-state index in [1.807, 2.05) is 0 Å². The lowest BCUT2D eigenvalue weighted by atomic mass is 10.2. The highest BCUT2D eigenvalue weighted by Crippen LogP contribution is 2.26. The molecule has 1 saturated heterocycles. The van der Waals surface area contributed by atoms with Crippen molar-refractivity contribution in [2.75, 3.05) is 30.3 Å². The van der Waals surface area contributed by atoms with Gasteiger partial charge in [-0.05, 0) is 18.2 Å². The molecule has 3 N–H and O–H groups in total. The van der Waals surface area contributed by atoms with E-state index in [9.17, 15) is 18.8 Å².